The van der Waals surface area contributed by atoms with Crippen LogP contribution in [0.25, 0.3) is 0 Å². The molecule has 0 atom stereocenters. The SMILES string of the molecule is Cc1ccc(C(=O)Nc2cccc(OS(=O)(=O)O)c2NC(=O)c2ccc(N3CCCN(C)CC3)cc2)cc1. The highest BCUT2D eigenvalue weighted by Gasteiger charge is 2.20. The molecule has 200 valence electrons. The maximum atomic E-state index is 13.2. The molecule has 0 aromatic heterocycles. The van der Waals surface area contributed by atoms with Crippen LogP contribution in [0.3, 0.4) is 0 Å². The first-order valence-electron chi connectivity index (χ1n) is 12.1. The number of hydrogen-bond donors (Lipinski definition) is 3. The van der Waals surface area contributed by atoms with Crippen molar-refractivity contribution in [2.45, 2.75) is 13.3 Å². The molecule has 38 heavy (non-hydrogen) atoms. The molecule has 0 unspecified atom stereocenters. The molecule has 3 N–H and O–H groups in total. The number of nitrogens with one attached hydrogen (secondary N) is 2. The Morgan fingerprint density at radius 2 is 1.47 bits per heavy atom. The molecule has 1 heterocycles. The average molecular weight is 539 g/mol. The number of rotatable bonds is 7. The van der Waals surface area contributed by atoms with Crippen LogP contribution >= 0.6 is 0 Å². The van der Waals surface area contributed by atoms with E-state index >= 15 is 0 Å². The van der Waals surface area contributed by atoms with Crippen molar-refractivity contribution >= 4 is 39.3 Å². The van der Waals surface area contributed by atoms with E-state index in [9.17, 15) is 22.6 Å². The van der Waals surface area contributed by atoms with Crippen LogP contribution < -0.4 is 19.7 Å². The third kappa shape index (κ3) is 7.09. The minimum absolute atomic E-state index is 0.0929. The van der Waals surface area contributed by atoms with E-state index in [2.05, 4.69) is 31.7 Å². The predicted octanol–water partition coefficient (Wildman–Crippen LogP) is 3.82. The second-order valence-corrected chi connectivity index (χ2v) is 10.2. The third-order valence-electron chi connectivity index (χ3n) is 6.24. The van der Waals surface area contributed by atoms with Crippen LogP contribution in [0.4, 0.5) is 17.1 Å². The van der Waals surface area contributed by atoms with Crippen LogP contribution in [-0.2, 0) is 10.4 Å². The van der Waals surface area contributed by atoms with Gasteiger partial charge in [-0.3, -0.25) is 14.1 Å². The lowest BCUT2D eigenvalue weighted by Crippen LogP contribution is -2.28. The molecule has 0 aliphatic carbocycles. The van der Waals surface area contributed by atoms with E-state index in [-0.39, 0.29) is 17.1 Å². The molecule has 1 aliphatic rings. The van der Waals surface area contributed by atoms with Crippen molar-refractivity contribution < 1.29 is 26.7 Å². The number of nitrogens with zero attached hydrogens (tertiary/aromatic N) is 2. The first-order chi connectivity index (χ1) is 18.1. The standard InChI is InChI=1S/C27H30N4O6S/c1-19-7-9-20(10-8-19)26(32)28-23-5-3-6-24(37-38(34,35)36)25(23)29-27(33)21-11-13-22(14-12-21)31-16-4-15-30(2)17-18-31/h3,5-14H,4,15-18H2,1-2H3,(H,28,32)(H,29,33)(H,34,35,36). The Bertz CT molecular complexity index is 1410. The molecule has 0 bridgehead atoms. The maximum absolute atomic E-state index is 13.2. The quantitative estimate of drug-likeness (QED) is 0.388. The average Bonchev–Trinajstić information content (AvgIpc) is 3.10. The van der Waals surface area contributed by atoms with Crippen LogP contribution in [0.15, 0.2) is 66.7 Å². The molecular formula is C27H30N4O6S. The summed E-state index contributed by atoms with van der Waals surface area (Å²) in [6, 6.07) is 18.1. The molecule has 1 fully saturated rings. The van der Waals surface area contributed by atoms with Crippen LogP contribution in [0.2, 0.25) is 0 Å². The summed E-state index contributed by atoms with van der Waals surface area (Å²) >= 11 is 0. The van der Waals surface area contributed by atoms with Crippen molar-refractivity contribution in [3.8, 4) is 5.75 Å². The van der Waals surface area contributed by atoms with Crippen molar-refractivity contribution in [3.63, 3.8) is 0 Å². The lowest BCUT2D eigenvalue weighted by molar-refractivity contribution is 0.101. The summed E-state index contributed by atoms with van der Waals surface area (Å²) in [6.07, 6.45) is 1.04. The summed E-state index contributed by atoms with van der Waals surface area (Å²) in [5.41, 5.74) is 2.64. The minimum Gasteiger partial charge on any atom is -0.370 e. The van der Waals surface area contributed by atoms with Gasteiger partial charge in [0.15, 0.2) is 5.75 Å². The molecule has 0 radical (unpaired) electrons. The Kier molecular flexibility index (Phi) is 8.30. The van der Waals surface area contributed by atoms with Gasteiger partial charge in [0.25, 0.3) is 11.8 Å². The minimum atomic E-state index is -4.90. The zero-order chi connectivity index (χ0) is 27.3. The highest BCUT2D eigenvalue weighted by Crippen LogP contribution is 2.34. The van der Waals surface area contributed by atoms with Crippen molar-refractivity contribution in [2.75, 3.05) is 48.8 Å². The van der Waals surface area contributed by atoms with E-state index in [1.165, 1.54) is 18.2 Å². The zero-order valence-corrected chi connectivity index (χ0v) is 22.0. The summed E-state index contributed by atoms with van der Waals surface area (Å²) in [4.78, 5) is 30.5. The van der Waals surface area contributed by atoms with Gasteiger partial charge in [0.2, 0.25) is 0 Å². The van der Waals surface area contributed by atoms with E-state index in [4.69, 9.17) is 0 Å². The monoisotopic (exact) mass is 538 g/mol. The van der Waals surface area contributed by atoms with Crippen molar-refractivity contribution in [2.24, 2.45) is 0 Å². The molecule has 0 saturated carbocycles. The number of para-hydroxylation sites is 1. The van der Waals surface area contributed by atoms with Gasteiger partial charge in [0.05, 0.1) is 5.69 Å². The second-order valence-electron chi connectivity index (χ2n) is 9.15. The Labute approximate surface area is 222 Å². The molecule has 10 nitrogen and oxygen atoms in total. The Hall–Kier alpha value is -3.93. The molecule has 0 spiro atoms. The van der Waals surface area contributed by atoms with E-state index in [1.807, 2.05) is 19.1 Å². The van der Waals surface area contributed by atoms with Crippen molar-refractivity contribution in [1.82, 2.24) is 4.90 Å². The second kappa shape index (κ2) is 11.6. The van der Waals surface area contributed by atoms with E-state index in [0.717, 1.165) is 43.9 Å². The third-order valence-corrected chi connectivity index (χ3v) is 6.63. The lowest BCUT2D eigenvalue weighted by atomic mass is 10.1. The van der Waals surface area contributed by atoms with Crippen LogP contribution in [0.5, 0.6) is 5.75 Å². The van der Waals surface area contributed by atoms with E-state index < -0.39 is 22.2 Å². The molecule has 3 aromatic carbocycles. The summed E-state index contributed by atoms with van der Waals surface area (Å²) < 4.78 is 36.8. The predicted molar refractivity (Wildman–Crippen MR) is 146 cm³/mol. The smallest absolute Gasteiger partial charge is 0.370 e. The van der Waals surface area contributed by atoms with Crippen LogP contribution in [0, 0.1) is 6.92 Å². The van der Waals surface area contributed by atoms with Gasteiger partial charge >= 0.3 is 10.4 Å². The molecule has 11 heteroatoms. The van der Waals surface area contributed by atoms with Crippen LogP contribution in [0.1, 0.15) is 32.7 Å². The number of anilines is 3. The number of benzene rings is 3. The number of carbonyl (C=O) groups excluding carboxylic acids is 2. The Morgan fingerprint density at radius 1 is 0.842 bits per heavy atom. The first-order valence-corrected chi connectivity index (χ1v) is 13.5. The van der Waals surface area contributed by atoms with Crippen molar-refractivity contribution in [1.29, 1.82) is 0 Å². The van der Waals surface area contributed by atoms with Gasteiger partial charge in [-0.15, -0.1) is 0 Å². The largest absolute Gasteiger partial charge is 0.446 e. The summed E-state index contributed by atoms with van der Waals surface area (Å²) in [7, 11) is -2.80. The summed E-state index contributed by atoms with van der Waals surface area (Å²) in [5.74, 6) is -1.38. The highest BCUT2D eigenvalue weighted by molar-refractivity contribution is 7.81. The summed E-state index contributed by atoms with van der Waals surface area (Å²) in [5, 5.41) is 5.29. The molecule has 3 aromatic rings. The van der Waals surface area contributed by atoms with Gasteiger partial charge < -0.3 is 24.6 Å². The normalized spacial score (nSPS) is 14.4. The first kappa shape index (κ1) is 27.1. The van der Waals surface area contributed by atoms with E-state index in [0.29, 0.717) is 11.1 Å². The topological polar surface area (TPSA) is 128 Å². The number of likely N-dealkylation sites (N-methyl/N-ethyl adjacent to an activating group) is 1. The molecular weight excluding hydrogens is 508 g/mol. The fourth-order valence-corrected chi connectivity index (χ4v) is 4.53. The van der Waals surface area contributed by atoms with Crippen molar-refractivity contribution in [3.05, 3.63) is 83.4 Å². The number of carbonyl (C=O) groups is 2. The molecule has 1 saturated heterocycles. The number of aryl methyl sites for hydroxylation is 1. The Morgan fingerprint density at radius 3 is 2.13 bits per heavy atom. The lowest BCUT2D eigenvalue weighted by Gasteiger charge is -2.23. The zero-order valence-electron chi connectivity index (χ0n) is 21.2. The van der Waals surface area contributed by atoms with E-state index in [1.54, 1.807) is 36.4 Å². The van der Waals surface area contributed by atoms with Gasteiger partial charge in [-0.05, 0) is 75.5 Å². The van der Waals surface area contributed by atoms with Gasteiger partial charge in [0.1, 0.15) is 5.69 Å². The summed E-state index contributed by atoms with van der Waals surface area (Å²) in [6.45, 7) is 5.67. The molecule has 4 rings (SSSR count). The molecule has 2 amide bonds. The van der Waals surface area contributed by atoms with Gasteiger partial charge in [-0.25, -0.2) is 0 Å². The highest BCUT2D eigenvalue weighted by atomic mass is 32.3. The van der Waals surface area contributed by atoms with Gasteiger partial charge in [-0.2, -0.15) is 8.42 Å². The number of amides is 2. The maximum Gasteiger partial charge on any atom is 0.446 e. The van der Waals surface area contributed by atoms with Gasteiger partial charge in [0, 0.05) is 36.4 Å². The number of hydrogen-bond acceptors (Lipinski definition) is 7. The fraction of sp³-hybridized carbons (Fsp3) is 0.259. The Balaban J connectivity index is 1.57. The molecule has 1 aliphatic heterocycles. The fourth-order valence-electron chi connectivity index (χ4n) is 4.16. The van der Waals surface area contributed by atoms with Crippen LogP contribution in [-0.4, -0.2) is 62.9 Å². The van der Waals surface area contributed by atoms with Gasteiger partial charge in [-0.1, -0.05) is 23.8 Å².